The van der Waals surface area contributed by atoms with E-state index in [9.17, 15) is 10.5 Å². The van der Waals surface area contributed by atoms with E-state index in [-0.39, 0.29) is 17.0 Å². The second kappa shape index (κ2) is 7.06. The van der Waals surface area contributed by atoms with Crippen molar-refractivity contribution in [3.63, 3.8) is 0 Å². The summed E-state index contributed by atoms with van der Waals surface area (Å²) in [5, 5.41) is 19.9. The Hall–Kier alpha value is -4.54. The molecule has 0 bridgehead atoms. The van der Waals surface area contributed by atoms with E-state index in [1.165, 1.54) is 22.5 Å². The molecule has 0 aromatic heterocycles. The lowest BCUT2D eigenvalue weighted by Gasteiger charge is -2.38. The number of rotatable bonds is 2. The highest BCUT2D eigenvalue weighted by molar-refractivity contribution is 5.95. The quantitative estimate of drug-likeness (QED) is 0.355. The molecule has 3 aromatic carbocycles. The van der Waals surface area contributed by atoms with Crippen LogP contribution in [0.25, 0.3) is 0 Å². The largest absolute Gasteiger partial charge is 0.332 e. The third kappa shape index (κ3) is 2.35. The molecule has 1 fully saturated rings. The first kappa shape index (κ1) is 21.5. The second-order valence-electron chi connectivity index (χ2n) is 11.4. The zero-order valence-electron chi connectivity index (χ0n) is 21.2. The van der Waals surface area contributed by atoms with Gasteiger partial charge in [0.25, 0.3) is 0 Å². The number of benzene rings is 3. The van der Waals surface area contributed by atoms with Crippen LogP contribution in [0.1, 0.15) is 42.9 Å². The molecule has 5 aliphatic rings. The van der Waals surface area contributed by atoms with Crippen molar-refractivity contribution < 1.29 is 0 Å². The maximum atomic E-state index is 10.1. The molecule has 4 atom stereocenters. The smallest absolute Gasteiger partial charge is 0.101 e. The summed E-state index contributed by atoms with van der Waals surface area (Å²) in [6.45, 7) is 2.23. The SMILES string of the molecule is C[C@]12C=C(C#N)C=CC1N(c1ccccc1C#N)c1c(N3c4ccccc4C45C=CCC[C@]34C5)cccc12. The zero-order valence-corrected chi connectivity index (χ0v) is 21.2. The van der Waals surface area contributed by atoms with Crippen LogP contribution in [0.4, 0.5) is 22.7 Å². The van der Waals surface area contributed by atoms with Crippen molar-refractivity contribution in [3.8, 4) is 12.1 Å². The molecule has 38 heavy (non-hydrogen) atoms. The third-order valence-electron chi connectivity index (χ3n) is 9.75. The van der Waals surface area contributed by atoms with Gasteiger partial charge in [-0.15, -0.1) is 0 Å². The van der Waals surface area contributed by atoms with Gasteiger partial charge in [-0.3, -0.25) is 0 Å². The number of hydrogen-bond acceptors (Lipinski definition) is 4. The molecule has 3 aromatic rings. The Balaban J connectivity index is 1.43. The summed E-state index contributed by atoms with van der Waals surface area (Å²) in [4.78, 5) is 5.00. The highest BCUT2D eigenvalue weighted by atomic mass is 15.3. The topological polar surface area (TPSA) is 54.1 Å². The Morgan fingerprint density at radius 1 is 0.868 bits per heavy atom. The van der Waals surface area contributed by atoms with E-state index in [0.717, 1.165) is 30.6 Å². The maximum Gasteiger partial charge on any atom is 0.101 e. The van der Waals surface area contributed by atoms with Crippen molar-refractivity contribution in [2.45, 2.75) is 48.6 Å². The predicted octanol–water partition coefficient (Wildman–Crippen LogP) is 7.24. The number of para-hydroxylation sites is 3. The van der Waals surface area contributed by atoms with Crippen molar-refractivity contribution in [2.24, 2.45) is 0 Å². The van der Waals surface area contributed by atoms with Crippen LogP contribution in [0.5, 0.6) is 0 Å². The average molecular weight is 491 g/mol. The first-order chi connectivity index (χ1) is 18.6. The molecular formula is C34H26N4. The van der Waals surface area contributed by atoms with Crippen LogP contribution < -0.4 is 9.80 Å². The monoisotopic (exact) mass is 490 g/mol. The zero-order chi connectivity index (χ0) is 25.7. The van der Waals surface area contributed by atoms with Crippen LogP contribution in [0.15, 0.2) is 103 Å². The Kier molecular flexibility index (Phi) is 4.00. The van der Waals surface area contributed by atoms with Gasteiger partial charge in [0.2, 0.25) is 0 Å². The summed E-state index contributed by atoms with van der Waals surface area (Å²) < 4.78 is 0. The van der Waals surface area contributed by atoms with E-state index in [0.29, 0.717) is 11.1 Å². The maximum absolute atomic E-state index is 10.1. The Bertz CT molecular complexity index is 1730. The molecule has 4 nitrogen and oxygen atoms in total. The van der Waals surface area contributed by atoms with Crippen molar-refractivity contribution >= 4 is 22.7 Å². The summed E-state index contributed by atoms with van der Waals surface area (Å²) in [6.07, 6.45) is 14.4. The molecule has 182 valence electrons. The number of fused-ring (bicyclic) bond motifs is 4. The molecular weight excluding hydrogens is 464 g/mol. The molecule has 0 spiro atoms. The van der Waals surface area contributed by atoms with E-state index in [4.69, 9.17) is 0 Å². The number of hydrogen-bond donors (Lipinski definition) is 0. The molecule has 2 unspecified atom stereocenters. The molecule has 2 aliphatic heterocycles. The predicted molar refractivity (Wildman–Crippen MR) is 150 cm³/mol. The Labute approximate surface area is 223 Å². The van der Waals surface area contributed by atoms with Crippen LogP contribution in [-0.4, -0.2) is 11.6 Å². The Morgan fingerprint density at radius 3 is 2.47 bits per heavy atom. The lowest BCUT2D eigenvalue weighted by atomic mass is 9.74. The molecule has 1 saturated carbocycles. The van der Waals surface area contributed by atoms with E-state index < -0.39 is 5.41 Å². The molecule has 4 heteroatoms. The fourth-order valence-electron chi connectivity index (χ4n) is 8.11. The third-order valence-corrected chi connectivity index (χ3v) is 9.75. The van der Waals surface area contributed by atoms with Gasteiger partial charge in [0.15, 0.2) is 0 Å². The molecule has 0 N–H and O–H groups in total. The number of allylic oxidation sites excluding steroid dienone is 3. The van der Waals surface area contributed by atoms with E-state index >= 15 is 0 Å². The lowest BCUT2D eigenvalue weighted by Crippen LogP contribution is -2.40. The second-order valence-corrected chi connectivity index (χ2v) is 11.4. The fourth-order valence-corrected chi connectivity index (χ4v) is 8.11. The highest BCUT2D eigenvalue weighted by Crippen LogP contribution is 2.75. The van der Waals surface area contributed by atoms with Gasteiger partial charge in [-0.1, -0.05) is 66.8 Å². The highest BCUT2D eigenvalue weighted by Gasteiger charge is 2.75. The number of anilines is 4. The van der Waals surface area contributed by atoms with E-state index in [2.05, 4.69) is 102 Å². The minimum absolute atomic E-state index is 0.0408. The summed E-state index contributed by atoms with van der Waals surface area (Å²) in [6, 6.07) is 28.2. The summed E-state index contributed by atoms with van der Waals surface area (Å²) >= 11 is 0. The average Bonchev–Trinajstić information content (AvgIpc) is 3.50. The van der Waals surface area contributed by atoms with Gasteiger partial charge in [-0.25, -0.2) is 0 Å². The van der Waals surface area contributed by atoms with Crippen LogP contribution in [0.2, 0.25) is 0 Å². The van der Waals surface area contributed by atoms with Gasteiger partial charge >= 0.3 is 0 Å². The lowest BCUT2D eigenvalue weighted by molar-refractivity contribution is 0.547. The standard InChI is InChI=1S/C34H26N4/c1-32-19-23(20-35)15-16-30(32)37(27-12-4-2-9-24(27)21-36)31-26(32)11-8-14-29(31)38-28-13-5-3-10-25(28)33-17-6-7-18-34(33,38)22-33/h2-6,8-17,19,30H,7,18,22H2,1H3/t30?,32-,33?,34-/m1/s1. The number of nitrogens with zero attached hydrogens (tertiary/aromatic N) is 4. The van der Waals surface area contributed by atoms with Gasteiger partial charge in [-0.05, 0) is 67.7 Å². The summed E-state index contributed by atoms with van der Waals surface area (Å²) in [5.74, 6) is 0. The van der Waals surface area contributed by atoms with Gasteiger partial charge < -0.3 is 9.80 Å². The van der Waals surface area contributed by atoms with Crippen LogP contribution in [0, 0.1) is 22.7 Å². The van der Waals surface area contributed by atoms with Crippen molar-refractivity contribution in [2.75, 3.05) is 9.80 Å². The molecule has 2 heterocycles. The first-order valence-corrected chi connectivity index (χ1v) is 13.4. The minimum Gasteiger partial charge on any atom is -0.332 e. The molecule has 0 amide bonds. The molecule has 3 aliphatic carbocycles. The molecule has 0 saturated heterocycles. The van der Waals surface area contributed by atoms with Crippen molar-refractivity contribution in [3.05, 3.63) is 119 Å². The minimum atomic E-state index is -0.405. The summed E-state index contributed by atoms with van der Waals surface area (Å²) in [7, 11) is 0. The molecule has 0 radical (unpaired) electrons. The van der Waals surface area contributed by atoms with Gasteiger partial charge in [0.05, 0.1) is 40.3 Å². The van der Waals surface area contributed by atoms with E-state index in [1.807, 2.05) is 24.3 Å². The van der Waals surface area contributed by atoms with Crippen molar-refractivity contribution in [1.29, 1.82) is 10.5 Å². The van der Waals surface area contributed by atoms with Crippen LogP contribution in [0.3, 0.4) is 0 Å². The molecule has 8 rings (SSSR count). The van der Waals surface area contributed by atoms with Gasteiger partial charge in [0, 0.05) is 22.1 Å². The summed E-state index contributed by atoms with van der Waals surface area (Å²) in [5.41, 5.74) is 8.19. The normalized spacial score (nSPS) is 30.8. The van der Waals surface area contributed by atoms with Gasteiger partial charge in [0.1, 0.15) is 6.07 Å². The van der Waals surface area contributed by atoms with Crippen LogP contribution in [-0.2, 0) is 10.8 Å². The van der Waals surface area contributed by atoms with E-state index in [1.54, 1.807) is 0 Å². The van der Waals surface area contributed by atoms with Gasteiger partial charge in [-0.2, -0.15) is 10.5 Å². The Morgan fingerprint density at radius 2 is 1.63 bits per heavy atom. The fraction of sp³-hybridized carbons (Fsp3) is 0.235. The first-order valence-electron chi connectivity index (χ1n) is 13.4. The van der Waals surface area contributed by atoms with Crippen LogP contribution >= 0.6 is 0 Å². The van der Waals surface area contributed by atoms with Crippen molar-refractivity contribution in [1.82, 2.24) is 0 Å². The number of nitriles is 2.